The van der Waals surface area contributed by atoms with E-state index in [2.05, 4.69) is 4.90 Å². The summed E-state index contributed by atoms with van der Waals surface area (Å²) in [6.45, 7) is 8.92. The maximum atomic E-state index is 12.8. The minimum atomic E-state index is -0.681. The van der Waals surface area contributed by atoms with Gasteiger partial charge in [-0.05, 0) is 57.2 Å². The van der Waals surface area contributed by atoms with Crippen LogP contribution in [0.25, 0.3) is 0 Å². The molecule has 0 radical (unpaired) electrons. The minimum Gasteiger partial charge on any atom is -0.390 e. The fraction of sp³-hybridized carbons (Fsp3) is 0.667. The van der Waals surface area contributed by atoms with E-state index in [-0.39, 0.29) is 5.91 Å². The number of aliphatic hydroxyl groups is 1. The Morgan fingerprint density at radius 1 is 1.27 bits per heavy atom. The Labute approximate surface area is 156 Å². The molecule has 0 spiro atoms. The van der Waals surface area contributed by atoms with Gasteiger partial charge in [0.2, 0.25) is 0 Å². The summed E-state index contributed by atoms with van der Waals surface area (Å²) >= 11 is 0. The molecule has 2 fully saturated rings. The lowest BCUT2D eigenvalue weighted by Crippen LogP contribution is -2.50. The van der Waals surface area contributed by atoms with Crippen molar-refractivity contribution in [2.75, 3.05) is 39.3 Å². The number of rotatable bonds is 6. The number of piperazine rings is 1. The van der Waals surface area contributed by atoms with Gasteiger partial charge < -0.3 is 14.7 Å². The Bertz CT molecular complexity index is 598. The Morgan fingerprint density at radius 2 is 2.04 bits per heavy atom. The molecule has 2 heterocycles. The molecule has 2 aliphatic rings. The Morgan fingerprint density at radius 3 is 2.69 bits per heavy atom. The Kier molecular flexibility index (Phi) is 6.33. The number of hydrogen-bond acceptors (Lipinski definition) is 4. The lowest BCUT2D eigenvalue weighted by Gasteiger charge is -2.35. The van der Waals surface area contributed by atoms with E-state index in [1.165, 1.54) is 6.42 Å². The molecule has 0 saturated carbocycles. The van der Waals surface area contributed by atoms with E-state index in [9.17, 15) is 9.90 Å². The highest BCUT2D eigenvalue weighted by Gasteiger charge is 2.25. The summed E-state index contributed by atoms with van der Waals surface area (Å²) in [5, 5.41) is 9.90. The van der Waals surface area contributed by atoms with Crippen molar-refractivity contribution in [1.82, 2.24) is 9.80 Å². The fourth-order valence-corrected chi connectivity index (χ4v) is 3.70. The number of carbonyl (C=O) groups is 1. The second-order valence-corrected chi connectivity index (χ2v) is 8.24. The zero-order valence-corrected chi connectivity index (χ0v) is 16.1. The standard InChI is InChI=1S/C21H32N2O3/c1-21(2,25)9-8-17-5-3-6-18(15-17)20(24)23-12-10-22(11-13-23)16-19-7-4-14-26-19/h3,5-6,15,19,25H,4,7-14,16H2,1-2H3/t19-/m0/s1. The monoisotopic (exact) mass is 360 g/mol. The zero-order valence-electron chi connectivity index (χ0n) is 16.1. The van der Waals surface area contributed by atoms with Crippen LogP contribution >= 0.6 is 0 Å². The first-order valence-electron chi connectivity index (χ1n) is 9.85. The molecule has 0 unspecified atom stereocenters. The number of nitrogens with zero attached hydrogens (tertiary/aromatic N) is 2. The first kappa shape index (κ1) is 19.3. The highest BCUT2D eigenvalue weighted by Crippen LogP contribution is 2.17. The van der Waals surface area contributed by atoms with Crippen LogP contribution < -0.4 is 0 Å². The van der Waals surface area contributed by atoms with Crippen LogP contribution in [0.2, 0.25) is 0 Å². The molecule has 5 nitrogen and oxygen atoms in total. The van der Waals surface area contributed by atoms with Crippen LogP contribution in [0.3, 0.4) is 0 Å². The van der Waals surface area contributed by atoms with Gasteiger partial charge in [-0.2, -0.15) is 0 Å². The number of amides is 1. The molecular formula is C21H32N2O3. The molecular weight excluding hydrogens is 328 g/mol. The molecule has 1 aromatic rings. The first-order chi connectivity index (χ1) is 12.4. The van der Waals surface area contributed by atoms with E-state index >= 15 is 0 Å². The number of hydrogen-bond donors (Lipinski definition) is 1. The van der Waals surface area contributed by atoms with Crippen LogP contribution in [0.4, 0.5) is 0 Å². The topological polar surface area (TPSA) is 53.0 Å². The van der Waals surface area contributed by atoms with Gasteiger partial charge in [0.15, 0.2) is 0 Å². The van der Waals surface area contributed by atoms with Crippen LogP contribution in [0.5, 0.6) is 0 Å². The molecule has 1 atom stereocenters. The minimum absolute atomic E-state index is 0.117. The number of ether oxygens (including phenoxy) is 1. The molecule has 1 aromatic carbocycles. The SMILES string of the molecule is CC(C)(O)CCc1cccc(C(=O)N2CCN(C[C@@H]3CCCO3)CC2)c1. The Hall–Kier alpha value is -1.43. The maximum absolute atomic E-state index is 12.8. The normalized spacial score (nSPS) is 22.0. The average Bonchev–Trinajstić information content (AvgIpc) is 3.13. The molecule has 2 saturated heterocycles. The largest absolute Gasteiger partial charge is 0.390 e. The number of aryl methyl sites for hydroxylation is 1. The van der Waals surface area contributed by atoms with Crippen molar-refractivity contribution >= 4 is 5.91 Å². The first-order valence-corrected chi connectivity index (χ1v) is 9.85. The average molecular weight is 360 g/mol. The highest BCUT2D eigenvalue weighted by molar-refractivity contribution is 5.94. The molecule has 0 bridgehead atoms. The maximum Gasteiger partial charge on any atom is 0.253 e. The third-order valence-electron chi connectivity index (χ3n) is 5.34. The summed E-state index contributed by atoms with van der Waals surface area (Å²) in [5.74, 6) is 0.117. The lowest BCUT2D eigenvalue weighted by atomic mass is 9.97. The quantitative estimate of drug-likeness (QED) is 0.846. The Balaban J connectivity index is 1.51. The molecule has 3 rings (SSSR count). The molecule has 26 heavy (non-hydrogen) atoms. The van der Waals surface area contributed by atoms with Crippen LogP contribution in [-0.4, -0.2) is 71.8 Å². The summed E-state index contributed by atoms with van der Waals surface area (Å²) < 4.78 is 5.72. The molecule has 0 aliphatic carbocycles. The van der Waals surface area contributed by atoms with Crippen molar-refractivity contribution in [2.24, 2.45) is 0 Å². The van der Waals surface area contributed by atoms with E-state index in [0.717, 1.165) is 63.3 Å². The van der Waals surface area contributed by atoms with Crippen molar-refractivity contribution in [2.45, 2.75) is 51.2 Å². The molecule has 5 heteroatoms. The fourth-order valence-electron chi connectivity index (χ4n) is 3.70. The van der Waals surface area contributed by atoms with Gasteiger partial charge in [0, 0.05) is 44.9 Å². The molecule has 144 valence electrons. The summed E-state index contributed by atoms with van der Waals surface area (Å²) in [7, 11) is 0. The van der Waals surface area contributed by atoms with Crippen molar-refractivity contribution < 1.29 is 14.6 Å². The summed E-state index contributed by atoms with van der Waals surface area (Å²) in [6, 6.07) is 7.85. The van der Waals surface area contributed by atoms with Crippen molar-refractivity contribution in [3.8, 4) is 0 Å². The van der Waals surface area contributed by atoms with Gasteiger partial charge in [-0.3, -0.25) is 9.69 Å². The van der Waals surface area contributed by atoms with Crippen molar-refractivity contribution in [1.29, 1.82) is 0 Å². The molecule has 0 aromatic heterocycles. The third kappa shape index (κ3) is 5.53. The van der Waals surface area contributed by atoms with Crippen LogP contribution in [0, 0.1) is 0 Å². The van der Waals surface area contributed by atoms with E-state index in [1.807, 2.05) is 43.0 Å². The molecule has 1 amide bonds. The van der Waals surface area contributed by atoms with Gasteiger partial charge in [0.05, 0.1) is 11.7 Å². The van der Waals surface area contributed by atoms with E-state index in [0.29, 0.717) is 12.5 Å². The summed E-state index contributed by atoms with van der Waals surface area (Å²) in [4.78, 5) is 17.2. The zero-order chi connectivity index (χ0) is 18.6. The van der Waals surface area contributed by atoms with E-state index in [1.54, 1.807) is 0 Å². The van der Waals surface area contributed by atoms with Crippen LogP contribution in [0.15, 0.2) is 24.3 Å². The van der Waals surface area contributed by atoms with Gasteiger partial charge in [-0.1, -0.05) is 12.1 Å². The highest BCUT2D eigenvalue weighted by atomic mass is 16.5. The van der Waals surface area contributed by atoms with E-state index in [4.69, 9.17) is 4.74 Å². The van der Waals surface area contributed by atoms with Crippen LogP contribution in [0.1, 0.15) is 49.0 Å². The smallest absolute Gasteiger partial charge is 0.253 e. The molecule has 1 N–H and O–H groups in total. The van der Waals surface area contributed by atoms with Gasteiger partial charge in [-0.25, -0.2) is 0 Å². The van der Waals surface area contributed by atoms with E-state index < -0.39 is 5.60 Å². The van der Waals surface area contributed by atoms with Crippen molar-refractivity contribution in [3.63, 3.8) is 0 Å². The lowest BCUT2D eigenvalue weighted by molar-refractivity contribution is 0.0432. The molecule has 2 aliphatic heterocycles. The summed E-state index contributed by atoms with van der Waals surface area (Å²) in [5.41, 5.74) is 1.18. The predicted molar refractivity (Wildman–Crippen MR) is 102 cm³/mol. The van der Waals surface area contributed by atoms with Gasteiger partial charge >= 0.3 is 0 Å². The predicted octanol–water partition coefficient (Wildman–Crippen LogP) is 2.33. The van der Waals surface area contributed by atoms with Gasteiger partial charge in [0.1, 0.15) is 0 Å². The second kappa shape index (κ2) is 8.51. The van der Waals surface area contributed by atoms with Crippen molar-refractivity contribution in [3.05, 3.63) is 35.4 Å². The van der Waals surface area contributed by atoms with Gasteiger partial charge in [0.25, 0.3) is 5.91 Å². The van der Waals surface area contributed by atoms with Gasteiger partial charge in [-0.15, -0.1) is 0 Å². The second-order valence-electron chi connectivity index (χ2n) is 8.24. The number of benzene rings is 1. The van der Waals surface area contributed by atoms with Crippen LogP contribution in [-0.2, 0) is 11.2 Å². The number of carbonyl (C=O) groups excluding carboxylic acids is 1. The summed E-state index contributed by atoms with van der Waals surface area (Å²) in [6.07, 6.45) is 4.18. The third-order valence-corrected chi connectivity index (χ3v) is 5.34.